The third kappa shape index (κ3) is 3.15. The molecule has 2 atom stereocenters. The van der Waals surface area contributed by atoms with Crippen LogP contribution in [0.2, 0.25) is 5.02 Å². The second kappa shape index (κ2) is 5.89. The molecule has 0 aromatic heterocycles. The Labute approximate surface area is 115 Å². The summed E-state index contributed by atoms with van der Waals surface area (Å²) in [7, 11) is 0. The van der Waals surface area contributed by atoms with E-state index < -0.39 is 5.82 Å². The maximum atomic E-state index is 12.9. The second-order valence-corrected chi connectivity index (χ2v) is 5.47. The van der Waals surface area contributed by atoms with Crippen molar-refractivity contribution in [2.45, 2.75) is 37.1 Å². The number of hydrogen-bond acceptors (Lipinski definition) is 1. The zero-order valence-electron chi connectivity index (χ0n) is 9.76. The highest BCUT2D eigenvalue weighted by molar-refractivity contribution is 6.33. The maximum absolute atomic E-state index is 12.9. The van der Waals surface area contributed by atoms with Gasteiger partial charge in [0, 0.05) is 6.04 Å². The van der Waals surface area contributed by atoms with Crippen molar-refractivity contribution >= 4 is 29.1 Å². The van der Waals surface area contributed by atoms with E-state index in [1.807, 2.05) is 0 Å². The van der Waals surface area contributed by atoms with E-state index in [9.17, 15) is 9.18 Å². The van der Waals surface area contributed by atoms with E-state index in [-0.39, 0.29) is 27.9 Å². The summed E-state index contributed by atoms with van der Waals surface area (Å²) in [6.07, 6.45) is 3.94. The van der Waals surface area contributed by atoms with Crippen LogP contribution in [-0.4, -0.2) is 17.3 Å². The number of amides is 1. The molecule has 0 radical (unpaired) electrons. The molecule has 0 spiro atoms. The van der Waals surface area contributed by atoms with Crippen molar-refractivity contribution in [1.29, 1.82) is 0 Å². The Hall–Kier alpha value is -0.800. The second-order valence-electron chi connectivity index (χ2n) is 4.50. The van der Waals surface area contributed by atoms with Gasteiger partial charge in [0.2, 0.25) is 0 Å². The normalized spacial score (nSPS) is 23.7. The van der Waals surface area contributed by atoms with Gasteiger partial charge in [-0.25, -0.2) is 4.39 Å². The Balaban J connectivity index is 2.07. The van der Waals surface area contributed by atoms with Gasteiger partial charge in [0.15, 0.2) is 0 Å². The lowest BCUT2D eigenvalue weighted by molar-refractivity contribution is 0.0929. The van der Waals surface area contributed by atoms with Crippen LogP contribution in [0.4, 0.5) is 4.39 Å². The largest absolute Gasteiger partial charge is 0.348 e. The van der Waals surface area contributed by atoms with Gasteiger partial charge in [-0.2, -0.15) is 0 Å². The molecule has 2 unspecified atom stereocenters. The standard InChI is InChI=1S/C13H14Cl2FNO/c14-10-3-1-2-4-12(10)17-13(18)9-6-5-8(16)7-11(9)15/h5-7,10,12H,1-4H2,(H,17,18). The van der Waals surface area contributed by atoms with E-state index >= 15 is 0 Å². The van der Waals surface area contributed by atoms with Crippen LogP contribution in [-0.2, 0) is 0 Å². The minimum absolute atomic E-state index is 0.0333. The molecule has 0 saturated heterocycles. The number of benzene rings is 1. The Morgan fingerprint density at radius 3 is 2.72 bits per heavy atom. The summed E-state index contributed by atoms with van der Waals surface area (Å²) >= 11 is 12.0. The predicted octanol–water partition coefficient (Wildman–Crippen LogP) is 3.76. The molecule has 1 aromatic rings. The molecule has 1 aromatic carbocycles. The van der Waals surface area contributed by atoms with Crippen LogP contribution in [0, 0.1) is 5.82 Å². The highest BCUT2D eigenvalue weighted by Crippen LogP contribution is 2.24. The van der Waals surface area contributed by atoms with Crippen LogP contribution >= 0.6 is 23.2 Å². The van der Waals surface area contributed by atoms with Gasteiger partial charge < -0.3 is 5.32 Å². The molecule has 1 aliphatic rings. The summed E-state index contributed by atoms with van der Waals surface area (Å²) in [5.74, 6) is -0.748. The van der Waals surface area contributed by atoms with Crippen molar-refractivity contribution in [2.75, 3.05) is 0 Å². The molecule has 1 amide bonds. The molecule has 0 bridgehead atoms. The van der Waals surface area contributed by atoms with Crippen molar-refractivity contribution in [3.05, 3.63) is 34.6 Å². The third-order valence-electron chi connectivity index (χ3n) is 3.17. The molecular weight excluding hydrogens is 276 g/mol. The van der Waals surface area contributed by atoms with Gasteiger partial charge in [-0.15, -0.1) is 11.6 Å². The Kier molecular flexibility index (Phi) is 4.46. The highest BCUT2D eigenvalue weighted by atomic mass is 35.5. The lowest BCUT2D eigenvalue weighted by Gasteiger charge is -2.27. The number of alkyl halides is 1. The number of carbonyl (C=O) groups excluding carboxylic acids is 1. The van der Waals surface area contributed by atoms with Gasteiger partial charge in [0.05, 0.1) is 16.0 Å². The van der Waals surface area contributed by atoms with Gasteiger partial charge in [-0.3, -0.25) is 4.79 Å². The topological polar surface area (TPSA) is 29.1 Å². The fourth-order valence-electron chi connectivity index (χ4n) is 2.17. The monoisotopic (exact) mass is 289 g/mol. The summed E-state index contributed by atoms with van der Waals surface area (Å²) < 4.78 is 12.9. The lowest BCUT2D eigenvalue weighted by atomic mass is 9.94. The van der Waals surface area contributed by atoms with Crippen LogP contribution < -0.4 is 5.32 Å². The van der Waals surface area contributed by atoms with Crippen LogP contribution in [0.3, 0.4) is 0 Å². The quantitative estimate of drug-likeness (QED) is 0.826. The van der Waals surface area contributed by atoms with Crippen LogP contribution in [0.1, 0.15) is 36.0 Å². The molecule has 5 heteroatoms. The average molecular weight is 290 g/mol. The van der Waals surface area contributed by atoms with E-state index in [0.717, 1.165) is 31.7 Å². The first-order chi connectivity index (χ1) is 8.58. The van der Waals surface area contributed by atoms with Crippen molar-refractivity contribution in [1.82, 2.24) is 5.32 Å². The minimum Gasteiger partial charge on any atom is -0.348 e. The summed E-state index contributed by atoms with van der Waals surface area (Å²) in [5, 5.41) is 2.95. The smallest absolute Gasteiger partial charge is 0.253 e. The lowest BCUT2D eigenvalue weighted by Crippen LogP contribution is -2.42. The van der Waals surface area contributed by atoms with Crippen LogP contribution in [0.25, 0.3) is 0 Å². The predicted molar refractivity (Wildman–Crippen MR) is 70.8 cm³/mol. The first-order valence-corrected chi connectivity index (χ1v) is 6.79. The van der Waals surface area contributed by atoms with Gasteiger partial charge in [-0.05, 0) is 31.0 Å². The molecule has 1 fully saturated rings. The van der Waals surface area contributed by atoms with Gasteiger partial charge in [0.25, 0.3) is 5.91 Å². The molecule has 98 valence electrons. The molecule has 18 heavy (non-hydrogen) atoms. The number of rotatable bonds is 2. The molecule has 2 rings (SSSR count). The highest BCUT2D eigenvalue weighted by Gasteiger charge is 2.25. The molecule has 1 saturated carbocycles. The van der Waals surface area contributed by atoms with E-state index in [4.69, 9.17) is 23.2 Å². The Bertz CT molecular complexity index is 453. The fourth-order valence-corrected chi connectivity index (χ4v) is 2.76. The Morgan fingerprint density at radius 1 is 1.33 bits per heavy atom. The van der Waals surface area contributed by atoms with Gasteiger partial charge >= 0.3 is 0 Å². The van der Waals surface area contributed by atoms with Gasteiger partial charge in [-0.1, -0.05) is 24.4 Å². The molecule has 0 aliphatic heterocycles. The number of hydrogen-bond donors (Lipinski definition) is 1. The van der Waals surface area contributed by atoms with E-state index in [0.29, 0.717) is 0 Å². The van der Waals surface area contributed by atoms with Crippen LogP contribution in [0.5, 0.6) is 0 Å². The number of halogens is 3. The zero-order valence-corrected chi connectivity index (χ0v) is 11.3. The molecule has 0 heterocycles. The first-order valence-electron chi connectivity index (χ1n) is 5.98. The van der Waals surface area contributed by atoms with Gasteiger partial charge in [0.1, 0.15) is 5.82 Å². The fraction of sp³-hybridized carbons (Fsp3) is 0.462. The third-order valence-corrected chi connectivity index (χ3v) is 4.01. The molecule has 1 N–H and O–H groups in total. The summed E-state index contributed by atoms with van der Waals surface area (Å²) in [6, 6.07) is 3.71. The minimum atomic E-state index is -0.454. The molecule has 2 nitrogen and oxygen atoms in total. The Morgan fingerprint density at radius 2 is 2.06 bits per heavy atom. The molecular formula is C13H14Cl2FNO. The number of carbonyl (C=O) groups is 1. The molecule has 1 aliphatic carbocycles. The maximum Gasteiger partial charge on any atom is 0.253 e. The average Bonchev–Trinajstić information content (AvgIpc) is 2.32. The zero-order chi connectivity index (χ0) is 13.1. The van der Waals surface area contributed by atoms with E-state index in [1.54, 1.807) is 0 Å². The van der Waals surface area contributed by atoms with Crippen molar-refractivity contribution in [3.8, 4) is 0 Å². The van der Waals surface area contributed by atoms with E-state index in [1.165, 1.54) is 12.1 Å². The van der Waals surface area contributed by atoms with Crippen molar-refractivity contribution < 1.29 is 9.18 Å². The SMILES string of the molecule is O=C(NC1CCCCC1Cl)c1ccc(F)cc1Cl. The van der Waals surface area contributed by atoms with Crippen molar-refractivity contribution in [2.24, 2.45) is 0 Å². The van der Waals surface area contributed by atoms with Crippen molar-refractivity contribution in [3.63, 3.8) is 0 Å². The summed E-state index contributed by atoms with van der Waals surface area (Å²) in [6.45, 7) is 0. The first kappa shape index (κ1) is 13.6. The van der Waals surface area contributed by atoms with Crippen LogP contribution in [0.15, 0.2) is 18.2 Å². The summed E-state index contributed by atoms with van der Waals surface area (Å²) in [4.78, 5) is 12.0. The number of nitrogens with one attached hydrogen (secondary N) is 1. The summed E-state index contributed by atoms with van der Waals surface area (Å²) in [5.41, 5.74) is 0.285. The van der Waals surface area contributed by atoms with E-state index in [2.05, 4.69) is 5.32 Å².